The van der Waals surface area contributed by atoms with E-state index >= 15 is 0 Å². The summed E-state index contributed by atoms with van der Waals surface area (Å²) >= 11 is 0. The smallest absolute Gasteiger partial charge is 0.306 e. The molecule has 1 aromatic heterocycles. The Bertz CT molecular complexity index is 1080. The van der Waals surface area contributed by atoms with Crippen molar-refractivity contribution in [3.63, 3.8) is 0 Å². The fourth-order valence-electron chi connectivity index (χ4n) is 4.10. The fourth-order valence-corrected chi connectivity index (χ4v) is 4.10. The average molecular weight is 453 g/mol. The largest absolute Gasteiger partial charge is 0.398 e. The molecule has 5 N–H and O–H groups in total. The summed E-state index contributed by atoms with van der Waals surface area (Å²) < 4.78 is 0.812. The van der Waals surface area contributed by atoms with Crippen LogP contribution in [0.25, 0.3) is 0 Å². The van der Waals surface area contributed by atoms with Crippen molar-refractivity contribution in [1.29, 1.82) is 5.41 Å². The lowest BCUT2D eigenvalue weighted by Gasteiger charge is -2.31. The first-order valence-electron chi connectivity index (χ1n) is 11.2. The lowest BCUT2D eigenvalue weighted by atomic mass is 9.84. The molecule has 2 aromatic rings. The van der Waals surface area contributed by atoms with Crippen LogP contribution in [-0.2, 0) is 6.42 Å². The van der Waals surface area contributed by atoms with E-state index in [4.69, 9.17) is 16.1 Å². The standard InChI is InChI=1S/C25H34N5O3/c1-16-6-5-7-22(30(16)33)24(31)21(27)13-17-12-18(20(26)14-23(17)29(3)4)15-28-19-8-10-25(2,32)11-9-19/h5-7,12,14-15,19,27,32-33H,8-11,13,26H2,1-4H3/q+1. The number of nitrogen functional groups attached to an aromatic ring is 1. The second kappa shape index (κ2) is 9.70. The number of hydrogen-bond donors (Lipinski definition) is 4. The van der Waals surface area contributed by atoms with E-state index in [2.05, 4.69) is 0 Å². The second-order valence-electron chi connectivity index (χ2n) is 9.36. The molecule has 176 valence electrons. The molecule has 1 aromatic carbocycles. The van der Waals surface area contributed by atoms with Crippen LogP contribution in [0.5, 0.6) is 0 Å². The van der Waals surface area contributed by atoms with Gasteiger partial charge in [0.15, 0.2) is 0 Å². The van der Waals surface area contributed by atoms with Gasteiger partial charge in [-0.25, -0.2) is 0 Å². The molecule has 0 atom stereocenters. The van der Waals surface area contributed by atoms with Gasteiger partial charge in [0, 0.05) is 67.5 Å². The Kier molecular flexibility index (Phi) is 7.17. The summed E-state index contributed by atoms with van der Waals surface area (Å²) in [4.78, 5) is 19.4. The lowest BCUT2D eigenvalue weighted by molar-refractivity contribution is -0.909. The molecular formula is C25H34N5O3+. The molecule has 0 bridgehead atoms. The Morgan fingerprint density at radius 1 is 1.33 bits per heavy atom. The van der Waals surface area contributed by atoms with E-state index in [0.717, 1.165) is 47.2 Å². The summed E-state index contributed by atoms with van der Waals surface area (Å²) in [6.07, 6.45) is 4.94. The number of pyridine rings is 1. The molecule has 0 radical (unpaired) electrons. The highest BCUT2D eigenvalue weighted by Gasteiger charge is 2.28. The van der Waals surface area contributed by atoms with Gasteiger partial charge in [0.25, 0.3) is 5.78 Å². The predicted molar refractivity (Wildman–Crippen MR) is 130 cm³/mol. The molecular weight excluding hydrogens is 418 g/mol. The molecule has 0 amide bonds. The zero-order valence-corrected chi connectivity index (χ0v) is 19.8. The van der Waals surface area contributed by atoms with Crippen molar-refractivity contribution in [3.8, 4) is 0 Å². The molecule has 0 saturated heterocycles. The van der Waals surface area contributed by atoms with Gasteiger partial charge >= 0.3 is 5.69 Å². The molecule has 0 unspecified atom stereocenters. The zero-order valence-electron chi connectivity index (χ0n) is 19.8. The fraction of sp³-hybridized carbons (Fsp3) is 0.440. The summed E-state index contributed by atoms with van der Waals surface area (Å²) in [5.41, 5.74) is 9.01. The number of nitrogens with zero attached hydrogens (tertiary/aromatic N) is 3. The highest BCUT2D eigenvalue weighted by molar-refractivity contribution is 6.44. The molecule has 1 aliphatic carbocycles. The van der Waals surface area contributed by atoms with Crippen molar-refractivity contribution in [2.45, 2.75) is 57.6 Å². The number of aliphatic imine (C=N–C) groups is 1. The van der Waals surface area contributed by atoms with E-state index in [1.54, 1.807) is 25.3 Å². The van der Waals surface area contributed by atoms with Crippen LogP contribution < -0.4 is 15.4 Å². The minimum Gasteiger partial charge on any atom is -0.398 e. The zero-order chi connectivity index (χ0) is 24.3. The normalized spacial score (nSPS) is 20.7. The van der Waals surface area contributed by atoms with Gasteiger partial charge in [-0.15, -0.1) is 0 Å². The van der Waals surface area contributed by atoms with Crippen LogP contribution in [0.2, 0.25) is 0 Å². The third-order valence-corrected chi connectivity index (χ3v) is 6.25. The Morgan fingerprint density at radius 2 is 2.00 bits per heavy atom. The van der Waals surface area contributed by atoms with Gasteiger partial charge in [-0.1, -0.05) is 0 Å². The van der Waals surface area contributed by atoms with E-state index < -0.39 is 11.4 Å². The Balaban J connectivity index is 1.84. The highest BCUT2D eigenvalue weighted by Crippen LogP contribution is 2.30. The number of aryl methyl sites for hydroxylation is 1. The number of Topliss-reactive ketones (excluding diaryl/α,β-unsaturated/α-hetero) is 1. The van der Waals surface area contributed by atoms with E-state index in [1.165, 1.54) is 6.07 Å². The number of rotatable bonds is 7. The molecule has 8 heteroatoms. The van der Waals surface area contributed by atoms with Crippen LogP contribution in [0.4, 0.5) is 11.4 Å². The number of carbonyl (C=O) groups is 1. The third-order valence-electron chi connectivity index (χ3n) is 6.25. The number of nitrogens with one attached hydrogen (secondary N) is 1. The number of benzene rings is 1. The number of aliphatic hydroxyl groups is 1. The first kappa shape index (κ1) is 24.4. The van der Waals surface area contributed by atoms with Crippen molar-refractivity contribution in [1.82, 2.24) is 0 Å². The van der Waals surface area contributed by atoms with Crippen LogP contribution in [0.15, 0.2) is 35.3 Å². The van der Waals surface area contributed by atoms with Crippen molar-refractivity contribution >= 4 is 29.1 Å². The Morgan fingerprint density at radius 3 is 2.64 bits per heavy atom. The Labute approximate surface area is 194 Å². The van der Waals surface area contributed by atoms with Gasteiger partial charge in [0.2, 0.25) is 5.69 Å². The maximum Gasteiger partial charge on any atom is 0.306 e. The van der Waals surface area contributed by atoms with Gasteiger partial charge in [0.1, 0.15) is 0 Å². The first-order valence-corrected chi connectivity index (χ1v) is 11.2. The highest BCUT2D eigenvalue weighted by atomic mass is 16.5. The summed E-state index contributed by atoms with van der Waals surface area (Å²) in [6.45, 7) is 3.55. The average Bonchev–Trinajstić information content (AvgIpc) is 2.75. The minimum atomic E-state index is -0.609. The number of carbonyl (C=O) groups excluding carboxylic acids is 1. The van der Waals surface area contributed by atoms with Crippen molar-refractivity contribution < 1.29 is 19.8 Å². The topological polar surface area (TPSA) is 127 Å². The summed E-state index contributed by atoms with van der Waals surface area (Å²) in [7, 11) is 3.77. The summed E-state index contributed by atoms with van der Waals surface area (Å²) in [6, 6.07) is 8.71. The van der Waals surface area contributed by atoms with Gasteiger partial charge < -0.3 is 21.1 Å². The number of anilines is 2. The molecule has 0 aliphatic heterocycles. The summed E-state index contributed by atoms with van der Waals surface area (Å²) in [5, 5.41) is 28.7. The van der Waals surface area contributed by atoms with E-state index in [-0.39, 0.29) is 23.9 Å². The van der Waals surface area contributed by atoms with E-state index in [0.29, 0.717) is 11.4 Å². The quantitative estimate of drug-likeness (QED) is 0.169. The van der Waals surface area contributed by atoms with Gasteiger partial charge in [0.05, 0.1) is 17.4 Å². The molecule has 1 saturated carbocycles. The summed E-state index contributed by atoms with van der Waals surface area (Å²) in [5.74, 6) is -0.535. The van der Waals surface area contributed by atoms with E-state index in [1.807, 2.05) is 38.1 Å². The number of hydrogen-bond acceptors (Lipinski definition) is 7. The Hall–Kier alpha value is -3.26. The van der Waals surface area contributed by atoms with Gasteiger partial charge in [-0.3, -0.25) is 15.0 Å². The number of aromatic nitrogens is 1. The minimum absolute atomic E-state index is 0.0526. The SMILES string of the molecule is Cc1cccc(C(=O)C(=N)Cc2cc(C=NC3CCC(C)(O)CC3)c(N)cc2N(C)C)[n+]1O. The monoisotopic (exact) mass is 452 g/mol. The van der Waals surface area contributed by atoms with Crippen LogP contribution in [0.3, 0.4) is 0 Å². The van der Waals surface area contributed by atoms with Crippen LogP contribution >= 0.6 is 0 Å². The van der Waals surface area contributed by atoms with Crippen LogP contribution in [-0.4, -0.2) is 53.8 Å². The molecule has 0 spiro atoms. The van der Waals surface area contributed by atoms with Gasteiger partial charge in [-0.2, -0.15) is 0 Å². The second-order valence-corrected chi connectivity index (χ2v) is 9.36. The van der Waals surface area contributed by atoms with Crippen LogP contribution in [0, 0.1) is 12.3 Å². The van der Waals surface area contributed by atoms with Crippen molar-refractivity contribution in [2.24, 2.45) is 4.99 Å². The van der Waals surface area contributed by atoms with E-state index in [9.17, 15) is 15.1 Å². The maximum atomic E-state index is 12.8. The van der Waals surface area contributed by atoms with Gasteiger partial charge in [-0.05, 0) is 56.4 Å². The molecule has 8 nitrogen and oxygen atoms in total. The van der Waals surface area contributed by atoms with Crippen molar-refractivity contribution in [2.75, 3.05) is 24.7 Å². The molecule has 33 heavy (non-hydrogen) atoms. The number of ketones is 1. The predicted octanol–water partition coefficient (Wildman–Crippen LogP) is 2.73. The maximum absolute atomic E-state index is 12.8. The lowest BCUT2D eigenvalue weighted by Crippen LogP contribution is -2.42. The molecule has 1 aliphatic rings. The first-order chi connectivity index (χ1) is 15.5. The third kappa shape index (κ3) is 5.76. The molecule has 1 fully saturated rings. The van der Waals surface area contributed by atoms with Crippen LogP contribution in [0.1, 0.15) is 59.9 Å². The van der Waals surface area contributed by atoms with Crippen molar-refractivity contribution in [3.05, 3.63) is 52.8 Å². The molecule has 3 rings (SSSR count). The molecule has 1 heterocycles. The number of nitrogens with two attached hydrogens (primary N) is 1.